The lowest BCUT2D eigenvalue weighted by atomic mass is 9.91. The maximum absolute atomic E-state index is 14.0. The lowest BCUT2D eigenvalue weighted by molar-refractivity contribution is 0.0618. The van der Waals surface area contributed by atoms with Crippen molar-refractivity contribution >= 4 is 0 Å². The fraction of sp³-hybridized carbons (Fsp3) is 0.571. The molecule has 3 atom stereocenters. The van der Waals surface area contributed by atoms with Gasteiger partial charge in [-0.1, -0.05) is 19.1 Å². The van der Waals surface area contributed by atoms with E-state index in [4.69, 9.17) is 4.74 Å². The number of aryl methyl sites for hydroxylation is 1. The number of nitrogens with one attached hydrogen (secondary N) is 1. The maximum atomic E-state index is 14.0. The monoisotopic (exact) mass is 255 g/mol. The van der Waals surface area contributed by atoms with Gasteiger partial charge in [-0.2, -0.15) is 0 Å². The Hall–Kier alpha value is -1.00. The summed E-state index contributed by atoms with van der Waals surface area (Å²) in [7, 11) is 1.75. The molecular formula is C14H19F2NO. The van der Waals surface area contributed by atoms with Crippen LogP contribution in [0.4, 0.5) is 8.78 Å². The largest absolute Gasteiger partial charge is 0.376 e. The first kappa shape index (κ1) is 13.4. The Kier molecular flexibility index (Phi) is 3.97. The second-order valence-electron chi connectivity index (χ2n) is 4.97. The Morgan fingerprint density at radius 1 is 1.33 bits per heavy atom. The van der Waals surface area contributed by atoms with Crippen molar-refractivity contribution < 1.29 is 13.5 Å². The van der Waals surface area contributed by atoms with Crippen molar-refractivity contribution in [1.29, 1.82) is 0 Å². The molecule has 2 nitrogen and oxygen atoms in total. The third-order valence-electron chi connectivity index (χ3n) is 3.72. The van der Waals surface area contributed by atoms with E-state index >= 15 is 0 Å². The standard InChI is InChI=1S/C14H19F2NO/c1-8-4-5-10(12(16)11(8)15)13(17-3)14-9(2)6-7-18-14/h4-5,9,13-14,17H,6-7H2,1-3H3. The lowest BCUT2D eigenvalue weighted by Gasteiger charge is -2.26. The van der Waals surface area contributed by atoms with E-state index in [0.717, 1.165) is 6.42 Å². The molecular weight excluding hydrogens is 236 g/mol. The van der Waals surface area contributed by atoms with Gasteiger partial charge in [0.25, 0.3) is 0 Å². The lowest BCUT2D eigenvalue weighted by Crippen LogP contribution is -2.33. The summed E-state index contributed by atoms with van der Waals surface area (Å²) in [5.74, 6) is -1.19. The van der Waals surface area contributed by atoms with Gasteiger partial charge in [0.2, 0.25) is 0 Å². The van der Waals surface area contributed by atoms with E-state index in [1.54, 1.807) is 26.1 Å². The molecule has 1 aromatic rings. The van der Waals surface area contributed by atoms with Gasteiger partial charge in [-0.05, 0) is 31.9 Å². The molecule has 1 aromatic carbocycles. The number of benzene rings is 1. The molecule has 1 fully saturated rings. The van der Waals surface area contributed by atoms with Gasteiger partial charge in [0.15, 0.2) is 11.6 Å². The highest BCUT2D eigenvalue weighted by Crippen LogP contribution is 2.33. The van der Waals surface area contributed by atoms with E-state index in [1.165, 1.54) is 0 Å². The van der Waals surface area contributed by atoms with Crippen molar-refractivity contribution in [1.82, 2.24) is 5.32 Å². The summed E-state index contributed by atoms with van der Waals surface area (Å²) in [6.07, 6.45) is 0.852. The minimum Gasteiger partial charge on any atom is -0.376 e. The van der Waals surface area contributed by atoms with Gasteiger partial charge in [0.1, 0.15) is 0 Å². The summed E-state index contributed by atoms with van der Waals surface area (Å²) in [5.41, 5.74) is 0.672. The third-order valence-corrected chi connectivity index (χ3v) is 3.72. The fourth-order valence-electron chi connectivity index (χ4n) is 2.54. The second kappa shape index (κ2) is 5.33. The van der Waals surface area contributed by atoms with Crippen LogP contribution in [0.15, 0.2) is 12.1 Å². The smallest absolute Gasteiger partial charge is 0.163 e. The van der Waals surface area contributed by atoms with Crippen LogP contribution >= 0.6 is 0 Å². The summed E-state index contributed by atoms with van der Waals surface area (Å²) < 4.78 is 33.3. The minimum absolute atomic E-state index is 0.105. The Morgan fingerprint density at radius 2 is 2.06 bits per heavy atom. The van der Waals surface area contributed by atoms with Crippen LogP contribution in [0.5, 0.6) is 0 Å². The molecule has 1 heterocycles. The first-order chi connectivity index (χ1) is 8.56. The number of ether oxygens (including phenoxy) is 1. The Balaban J connectivity index is 2.36. The molecule has 0 saturated carbocycles. The molecule has 3 unspecified atom stereocenters. The first-order valence-corrected chi connectivity index (χ1v) is 6.29. The van der Waals surface area contributed by atoms with Gasteiger partial charge in [0, 0.05) is 12.2 Å². The molecule has 0 spiro atoms. The predicted molar refractivity (Wildman–Crippen MR) is 66.4 cm³/mol. The summed E-state index contributed by atoms with van der Waals surface area (Å²) in [5, 5.41) is 3.05. The van der Waals surface area contributed by atoms with Crippen LogP contribution < -0.4 is 5.32 Å². The quantitative estimate of drug-likeness (QED) is 0.896. The molecule has 0 amide bonds. The average Bonchev–Trinajstić information content (AvgIpc) is 2.77. The van der Waals surface area contributed by atoms with Crippen molar-refractivity contribution in [3.8, 4) is 0 Å². The van der Waals surface area contributed by atoms with Crippen LogP contribution in [0.25, 0.3) is 0 Å². The van der Waals surface area contributed by atoms with Gasteiger partial charge in [-0.3, -0.25) is 0 Å². The van der Waals surface area contributed by atoms with E-state index in [0.29, 0.717) is 23.7 Å². The maximum Gasteiger partial charge on any atom is 0.163 e. The normalized spacial score (nSPS) is 25.4. The number of rotatable bonds is 3. The van der Waals surface area contributed by atoms with Crippen LogP contribution in [0.3, 0.4) is 0 Å². The number of likely N-dealkylation sites (N-methyl/N-ethyl adjacent to an activating group) is 1. The van der Waals surface area contributed by atoms with Crippen molar-refractivity contribution in [2.45, 2.75) is 32.4 Å². The molecule has 1 N–H and O–H groups in total. The molecule has 100 valence electrons. The highest BCUT2D eigenvalue weighted by Gasteiger charge is 2.34. The van der Waals surface area contributed by atoms with Gasteiger partial charge in [-0.15, -0.1) is 0 Å². The summed E-state index contributed by atoms with van der Waals surface area (Å²) in [4.78, 5) is 0. The Bertz CT molecular complexity index is 436. The Morgan fingerprint density at radius 3 is 2.61 bits per heavy atom. The first-order valence-electron chi connectivity index (χ1n) is 6.29. The van der Waals surface area contributed by atoms with E-state index in [9.17, 15) is 8.78 Å². The van der Waals surface area contributed by atoms with Crippen molar-refractivity contribution in [3.63, 3.8) is 0 Å². The summed E-state index contributed by atoms with van der Waals surface area (Å²) in [6, 6.07) is 2.94. The van der Waals surface area contributed by atoms with Crippen molar-refractivity contribution in [3.05, 3.63) is 34.9 Å². The van der Waals surface area contributed by atoms with Gasteiger partial charge in [0.05, 0.1) is 12.1 Å². The molecule has 0 aliphatic carbocycles. The molecule has 0 bridgehead atoms. The topological polar surface area (TPSA) is 21.3 Å². The van der Waals surface area contributed by atoms with Crippen LogP contribution in [0, 0.1) is 24.5 Å². The summed E-state index contributed by atoms with van der Waals surface area (Å²) in [6.45, 7) is 4.32. The van der Waals surface area contributed by atoms with Gasteiger partial charge >= 0.3 is 0 Å². The van der Waals surface area contributed by atoms with Crippen molar-refractivity contribution in [2.75, 3.05) is 13.7 Å². The number of hydrogen-bond acceptors (Lipinski definition) is 2. The third kappa shape index (κ3) is 2.27. The molecule has 1 aliphatic heterocycles. The van der Waals surface area contributed by atoms with Gasteiger partial charge < -0.3 is 10.1 Å². The fourth-order valence-corrected chi connectivity index (χ4v) is 2.54. The van der Waals surface area contributed by atoms with Crippen LogP contribution in [-0.2, 0) is 4.74 Å². The zero-order valence-electron chi connectivity index (χ0n) is 11.0. The highest BCUT2D eigenvalue weighted by atomic mass is 19.2. The van der Waals surface area contributed by atoms with Gasteiger partial charge in [-0.25, -0.2) is 8.78 Å². The molecule has 0 radical (unpaired) electrons. The van der Waals surface area contributed by atoms with E-state index < -0.39 is 11.6 Å². The summed E-state index contributed by atoms with van der Waals surface area (Å²) >= 11 is 0. The molecule has 1 saturated heterocycles. The molecule has 4 heteroatoms. The number of hydrogen-bond donors (Lipinski definition) is 1. The molecule has 1 aliphatic rings. The average molecular weight is 255 g/mol. The predicted octanol–water partition coefficient (Wildman–Crippen LogP) is 2.96. The van der Waals surface area contributed by atoms with E-state index in [-0.39, 0.29) is 12.1 Å². The number of halogens is 2. The minimum atomic E-state index is -0.767. The highest BCUT2D eigenvalue weighted by molar-refractivity contribution is 5.29. The van der Waals surface area contributed by atoms with E-state index in [1.807, 2.05) is 0 Å². The van der Waals surface area contributed by atoms with Crippen LogP contribution in [0.2, 0.25) is 0 Å². The van der Waals surface area contributed by atoms with E-state index in [2.05, 4.69) is 12.2 Å². The van der Waals surface area contributed by atoms with Crippen LogP contribution in [-0.4, -0.2) is 19.8 Å². The molecule has 0 aromatic heterocycles. The second-order valence-corrected chi connectivity index (χ2v) is 4.97. The molecule has 2 rings (SSSR count). The van der Waals surface area contributed by atoms with Crippen LogP contribution in [0.1, 0.15) is 30.5 Å². The zero-order chi connectivity index (χ0) is 13.3. The zero-order valence-corrected chi connectivity index (χ0v) is 11.0. The Labute approximate surface area is 106 Å². The molecule has 18 heavy (non-hydrogen) atoms. The van der Waals surface area contributed by atoms with Crippen molar-refractivity contribution in [2.24, 2.45) is 5.92 Å². The SMILES string of the molecule is CNC(c1ccc(C)c(F)c1F)C1OCCC1C.